The summed E-state index contributed by atoms with van der Waals surface area (Å²) >= 11 is 0. The maximum Gasteiger partial charge on any atom is 0.306 e. The van der Waals surface area contributed by atoms with Crippen LogP contribution >= 0.6 is 12.4 Å². The van der Waals surface area contributed by atoms with Gasteiger partial charge in [-0.25, -0.2) is 9.97 Å². The van der Waals surface area contributed by atoms with Gasteiger partial charge < -0.3 is 20.5 Å². The van der Waals surface area contributed by atoms with Gasteiger partial charge in [0.05, 0.1) is 30.6 Å². The number of amidine groups is 1. The van der Waals surface area contributed by atoms with Gasteiger partial charge in [0.2, 0.25) is 5.91 Å². The number of nitrogen functional groups attached to an aromatic ring is 1. The molecule has 0 saturated carbocycles. The standard InChI is InChI=1S/C20H23N5O4.ClH/c1-20(8-16(26)28-2)7-14(25-19(20)27)11-29-15-5-3-12(4-6-15)18-23-9-13(10-24-18)17(21)22;/h3-6,9-10,14H,7-8,11H2,1-2H3,(H3,21,22)(H,25,27);1H/t14-,20-;/m0./s1. The first kappa shape index (κ1) is 23.1. The van der Waals surface area contributed by atoms with Gasteiger partial charge in [0, 0.05) is 18.0 Å². The van der Waals surface area contributed by atoms with Crippen molar-refractivity contribution < 1.29 is 19.1 Å². The number of carbonyl (C=O) groups is 2. The van der Waals surface area contributed by atoms with Gasteiger partial charge in [0.15, 0.2) is 5.82 Å². The fraction of sp³-hybridized carbons (Fsp3) is 0.350. The van der Waals surface area contributed by atoms with Crippen molar-refractivity contribution in [3.8, 4) is 17.1 Å². The van der Waals surface area contributed by atoms with Crippen LogP contribution in [0.2, 0.25) is 0 Å². The lowest BCUT2D eigenvalue weighted by Crippen LogP contribution is -2.33. The van der Waals surface area contributed by atoms with Crippen molar-refractivity contribution in [3.05, 3.63) is 42.2 Å². The van der Waals surface area contributed by atoms with Gasteiger partial charge in [-0.15, -0.1) is 12.4 Å². The van der Waals surface area contributed by atoms with E-state index < -0.39 is 11.4 Å². The number of nitrogens with two attached hydrogens (primary N) is 1. The van der Waals surface area contributed by atoms with Gasteiger partial charge in [0.1, 0.15) is 18.2 Å². The number of benzene rings is 1. The molecule has 0 bridgehead atoms. The zero-order valence-corrected chi connectivity index (χ0v) is 17.5. The molecule has 10 heteroatoms. The topological polar surface area (TPSA) is 140 Å². The van der Waals surface area contributed by atoms with E-state index in [0.717, 1.165) is 5.56 Å². The smallest absolute Gasteiger partial charge is 0.306 e. The molecule has 9 nitrogen and oxygen atoms in total. The molecule has 4 N–H and O–H groups in total. The Morgan fingerprint density at radius 2 is 1.93 bits per heavy atom. The molecule has 3 rings (SSSR count). The fourth-order valence-electron chi connectivity index (χ4n) is 3.20. The Hall–Kier alpha value is -3.20. The molecule has 30 heavy (non-hydrogen) atoms. The van der Waals surface area contributed by atoms with E-state index in [9.17, 15) is 9.59 Å². The zero-order valence-electron chi connectivity index (χ0n) is 16.7. The molecule has 0 spiro atoms. The van der Waals surface area contributed by atoms with Crippen LogP contribution in [0.4, 0.5) is 0 Å². The van der Waals surface area contributed by atoms with Crippen molar-refractivity contribution in [1.82, 2.24) is 15.3 Å². The molecule has 1 aliphatic heterocycles. The van der Waals surface area contributed by atoms with E-state index in [1.165, 1.54) is 19.5 Å². The minimum Gasteiger partial charge on any atom is -0.491 e. The van der Waals surface area contributed by atoms with Crippen LogP contribution in [0.15, 0.2) is 36.7 Å². The number of ether oxygens (including phenoxy) is 2. The number of methoxy groups -OCH3 is 1. The van der Waals surface area contributed by atoms with E-state index in [4.69, 9.17) is 15.9 Å². The fourth-order valence-corrected chi connectivity index (χ4v) is 3.20. The van der Waals surface area contributed by atoms with Crippen LogP contribution in [-0.2, 0) is 14.3 Å². The SMILES string of the molecule is COC(=O)C[C@]1(C)C[C@@H](COc2ccc(-c3ncc(C(=N)N)cn3)cc2)NC1=O.Cl. The van der Waals surface area contributed by atoms with Gasteiger partial charge in [-0.2, -0.15) is 0 Å². The van der Waals surface area contributed by atoms with Crippen molar-refractivity contribution in [1.29, 1.82) is 5.41 Å². The number of aromatic nitrogens is 2. The summed E-state index contributed by atoms with van der Waals surface area (Å²) in [6.45, 7) is 2.05. The van der Waals surface area contributed by atoms with E-state index in [1.807, 2.05) is 12.1 Å². The molecule has 2 atom stereocenters. The van der Waals surface area contributed by atoms with Crippen molar-refractivity contribution in [2.75, 3.05) is 13.7 Å². The predicted octanol–water partition coefficient (Wildman–Crippen LogP) is 1.69. The Morgan fingerprint density at radius 1 is 1.30 bits per heavy atom. The molecule has 1 amide bonds. The number of hydrogen-bond donors (Lipinski definition) is 3. The first-order valence-corrected chi connectivity index (χ1v) is 9.08. The summed E-state index contributed by atoms with van der Waals surface area (Å²) in [5.41, 5.74) is 5.88. The van der Waals surface area contributed by atoms with Crippen LogP contribution < -0.4 is 15.8 Å². The molecular weight excluding hydrogens is 410 g/mol. The largest absolute Gasteiger partial charge is 0.491 e. The Bertz CT molecular complexity index is 920. The number of hydrogen-bond acceptors (Lipinski definition) is 7. The minimum atomic E-state index is -0.783. The molecule has 1 fully saturated rings. The summed E-state index contributed by atoms with van der Waals surface area (Å²) in [4.78, 5) is 32.2. The highest BCUT2D eigenvalue weighted by molar-refractivity contribution is 5.94. The van der Waals surface area contributed by atoms with Crippen molar-refractivity contribution in [3.63, 3.8) is 0 Å². The van der Waals surface area contributed by atoms with Crippen LogP contribution in [0.5, 0.6) is 5.75 Å². The van der Waals surface area contributed by atoms with Gasteiger partial charge in [-0.05, 0) is 30.7 Å². The third-order valence-corrected chi connectivity index (χ3v) is 4.87. The molecule has 1 saturated heterocycles. The van der Waals surface area contributed by atoms with Crippen molar-refractivity contribution >= 4 is 30.1 Å². The van der Waals surface area contributed by atoms with Crippen LogP contribution in [0.1, 0.15) is 25.3 Å². The lowest BCUT2D eigenvalue weighted by molar-refractivity contribution is -0.146. The monoisotopic (exact) mass is 433 g/mol. The summed E-state index contributed by atoms with van der Waals surface area (Å²) in [5.74, 6) is 0.506. The maximum atomic E-state index is 12.2. The van der Waals surface area contributed by atoms with Crippen molar-refractivity contribution in [2.45, 2.75) is 25.8 Å². The van der Waals surface area contributed by atoms with Crippen LogP contribution in [0, 0.1) is 10.8 Å². The molecular formula is C20H24ClN5O4. The number of nitrogens with one attached hydrogen (secondary N) is 2. The molecule has 1 aromatic carbocycles. The number of carbonyl (C=O) groups excluding carboxylic acids is 2. The third-order valence-electron chi connectivity index (χ3n) is 4.87. The van der Waals surface area contributed by atoms with Crippen LogP contribution in [0.3, 0.4) is 0 Å². The minimum absolute atomic E-state index is 0. The average molecular weight is 434 g/mol. The molecule has 0 aliphatic carbocycles. The lowest BCUT2D eigenvalue weighted by Gasteiger charge is -2.18. The Balaban J connectivity index is 0.00000320. The summed E-state index contributed by atoms with van der Waals surface area (Å²) in [5, 5.41) is 10.2. The summed E-state index contributed by atoms with van der Waals surface area (Å²) in [6.07, 6.45) is 3.55. The molecule has 1 aromatic heterocycles. The molecule has 0 unspecified atom stereocenters. The second-order valence-electron chi connectivity index (χ2n) is 7.23. The quantitative estimate of drug-likeness (QED) is 0.342. The Kier molecular flexibility index (Phi) is 7.33. The summed E-state index contributed by atoms with van der Waals surface area (Å²) in [7, 11) is 1.31. The average Bonchev–Trinajstić information content (AvgIpc) is 3.00. The third kappa shape index (κ3) is 5.24. The highest BCUT2D eigenvalue weighted by atomic mass is 35.5. The lowest BCUT2D eigenvalue weighted by atomic mass is 9.84. The second-order valence-corrected chi connectivity index (χ2v) is 7.23. The van der Waals surface area contributed by atoms with Gasteiger partial charge >= 0.3 is 5.97 Å². The number of rotatable bonds is 7. The van der Waals surface area contributed by atoms with E-state index in [1.54, 1.807) is 19.1 Å². The number of amides is 1. The first-order chi connectivity index (χ1) is 13.8. The molecule has 2 aromatic rings. The Morgan fingerprint density at radius 3 is 2.50 bits per heavy atom. The van der Waals surface area contributed by atoms with Crippen LogP contribution in [0.25, 0.3) is 11.4 Å². The van der Waals surface area contributed by atoms with Gasteiger partial charge in [-0.1, -0.05) is 6.92 Å². The molecule has 1 aliphatic rings. The number of esters is 1. The predicted molar refractivity (Wildman–Crippen MR) is 113 cm³/mol. The summed E-state index contributed by atoms with van der Waals surface area (Å²) < 4.78 is 10.5. The van der Waals surface area contributed by atoms with E-state index >= 15 is 0 Å². The molecule has 160 valence electrons. The van der Waals surface area contributed by atoms with E-state index in [-0.39, 0.29) is 36.6 Å². The molecule has 0 radical (unpaired) electrons. The summed E-state index contributed by atoms with van der Waals surface area (Å²) in [6, 6.07) is 7.06. The molecule has 2 heterocycles. The van der Waals surface area contributed by atoms with E-state index in [2.05, 4.69) is 20.0 Å². The maximum absolute atomic E-state index is 12.2. The second kappa shape index (κ2) is 9.53. The highest BCUT2D eigenvalue weighted by Crippen LogP contribution is 2.34. The first-order valence-electron chi connectivity index (χ1n) is 9.08. The Labute approximate surface area is 180 Å². The normalized spacial score (nSPS) is 20.1. The number of halogens is 1. The number of nitrogens with zero attached hydrogens (tertiary/aromatic N) is 2. The van der Waals surface area contributed by atoms with Crippen molar-refractivity contribution in [2.24, 2.45) is 11.1 Å². The van der Waals surface area contributed by atoms with E-state index in [0.29, 0.717) is 30.2 Å². The van der Waals surface area contributed by atoms with Gasteiger partial charge in [-0.3, -0.25) is 15.0 Å². The highest BCUT2D eigenvalue weighted by Gasteiger charge is 2.44. The van der Waals surface area contributed by atoms with Crippen LogP contribution in [-0.4, -0.2) is 47.4 Å². The van der Waals surface area contributed by atoms with Gasteiger partial charge in [0.25, 0.3) is 0 Å². The zero-order chi connectivity index (χ0) is 21.0.